The number of halogens is 1. The molecule has 2 heterocycles. The lowest BCUT2D eigenvalue weighted by atomic mass is 10.00. The number of hydrogen-bond donors (Lipinski definition) is 1. The summed E-state index contributed by atoms with van der Waals surface area (Å²) in [5, 5.41) is 3.36. The average molecular weight is 186 g/mol. The van der Waals surface area contributed by atoms with Crippen LogP contribution in [0.25, 0.3) is 0 Å². The lowest BCUT2D eigenvalue weighted by molar-refractivity contribution is -0.133. The van der Waals surface area contributed by atoms with Gasteiger partial charge in [-0.2, -0.15) is 0 Å². The first-order valence-corrected chi connectivity index (χ1v) is 4.86. The first-order valence-electron chi connectivity index (χ1n) is 4.86. The van der Waals surface area contributed by atoms with Crippen molar-refractivity contribution in [1.82, 2.24) is 10.2 Å². The van der Waals surface area contributed by atoms with Crippen molar-refractivity contribution < 1.29 is 9.18 Å². The molecule has 2 bridgehead atoms. The van der Waals surface area contributed by atoms with Gasteiger partial charge in [0.25, 0.3) is 0 Å². The Hall–Kier alpha value is -0.640. The van der Waals surface area contributed by atoms with E-state index in [-0.39, 0.29) is 12.3 Å². The summed E-state index contributed by atoms with van der Waals surface area (Å²) in [4.78, 5) is 13.2. The number of nitrogens with one attached hydrogen (secondary N) is 1. The Morgan fingerprint density at radius 1 is 1.54 bits per heavy atom. The lowest BCUT2D eigenvalue weighted by Crippen LogP contribution is -2.44. The summed E-state index contributed by atoms with van der Waals surface area (Å²) in [5.41, 5.74) is 0. The lowest BCUT2D eigenvalue weighted by Gasteiger charge is -2.30. The van der Waals surface area contributed by atoms with E-state index in [9.17, 15) is 9.18 Å². The van der Waals surface area contributed by atoms with Crippen LogP contribution < -0.4 is 5.32 Å². The Morgan fingerprint density at radius 2 is 2.38 bits per heavy atom. The molecule has 0 saturated carbocycles. The van der Waals surface area contributed by atoms with Crippen molar-refractivity contribution in [3.8, 4) is 0 Å². The molecule has 2 atom stereocenters. The summed E-state index contributed by atoms with van der Waals surface area (Å²) in [6.07, 6.45) is 1.23. The highest BCUT2D eigenvalue weighted by atomic mass is 19.1. The van der Waals surface area contributed by atoms with Gasteiger partial charge in [-0.15, -0.1) is 0 Å². The number of amides is 1. The Labute approximate surface area is 77.3 Å². The molecule has 74 valence electrons. The number of rotatable bonds is 2. The minimum atomic E-state index is -0.530. The molecule has 2 aliphatic rings. The van der Waals surface area contributed by atoms with Gasteiger partial charge in [0.2, 0.25) is 5.91 Å². The second-order valence-corrected chi connectivity index (χ2v) is 3.94. The number of carbonyl (C=O) groups excluding carboxylic acids is 1. The summed E-state index contributed by atoms with van der Waals surface area (Å²) >= 11 is 0. The average Bonchev–Trinajstić information content (AvgIpc) is 2.46. The number of likely N-dealkylation sites (tertiary alicyclic amines) is 1. The SMILES string of the molecule is O=C(CCF)N1C[C@@H]2CN[C@@H](C2)C1. The van der Waals surface area contributed by atoms with Crippen LogP contribution in [0.15, 0.2) is 0 Å². The summed E-state index contributed by atoms with van der Waals surface area (Å²) in [7, 11) is 0. The van der Waals surface area contributed by atoms with Crippen molar-refractivity contribution in [3.05, 3.63) is 0 Å². The predicted molar refractivity (Wildman–Crippen MR) is 47.1 cm³/mol. The Balaban J connectivity index is 1.91. The van der Waals surface area contributed by atoms with Crippen LogP contribution in [0.1, 0.15) is 12.8 Å². The molecule has 1 N–H and O–H groups in total. The normalized spacial score (nSPS) is 32.2. The summed E-state index contributed by atoms with van der Waals surface area (Å²) < 4.78 is 11.9. The van der Waals surface area contributed by atoms with E-state index in [1.807, 2.05) is 0 Å². The van der Waals surface area contributed by atoms with Gasteiger partial charge in [-0.1, -0.05) is 0 Å². The number of alkyl halides is 1. The molecule has 0 spiro atoms. The molecule has 0 radical (unpaired) electrons. The molecule has 0 aromatic heterocycles. The topological polar surface area (TPSA) is 32.3 Å². The minimum absolute atomic E-state index is 0.0269. The molecule has 0 aromatic carbocycles. The fourth-order valence-corrected chi connectivity index (χ4v) is 2.28. The molecule has 1 amide bonds. The zero-order valence-electron chi connectivity index (χ0n) is 7.63. The van der Waals surface area contributed by atoms with E-state index in [1.54, 1.807) is 4.90 Å². The standard InChI is InChI=1S/C9H15FN2O/c10-2-1-9(13)12-5-7-3-8(6-12)11-4-7/h7-8,11H,1-6H2/t7-,8-/m0/s1. The van der Waals surface area contributed by atoms with Gasteiger partial charge in [0, 0.05) is 25.7 Å². The van der Waals surface area contributed by atoms with Crippen molar-refractivity contribution in [2.75, 3.05) is 26.3 Å². The largest absolute Gasteiger partial charge is 0.341 e. The summed E-state index contributed by atoms with van der Waals surface area (Å²) in [5.74, 6) is 0.572. The van der Waals surface area contributed by atoms with E-state index in [4.69, 9.17) is 0 Å². The van der Waals surface area contributed by atoms with E-state index in [0.717, 1.165) is 19.6 Å². The molecule has 0 aliphatic carbocycles. The monoisotopic (exact) mass is 186 g/mol. The third-order valence-electron chi connectivity index (χ3n) is 2.89. The first-order chi connectivity index (χ1) is 6.29. The van der Waals surface area contributed by atoms with E-state index < -0.39 is 6.67 Å². The highest BCUT2D eigenvalue weighted by molar-refractivity contribution is 5.76. The molecule has 2 fully saturated rings. The maximum absolute atomic E-state index is 11.9. The van der Waals surface area contributed by atoms with Gasteiger partial charge in [-0.05, 0) is 12.3 Å². The van der Waals surface area contributed by atoms with Gasteiger partial charge in [-0.3, -0.25) is 9.18 Å². The van der Waals surface area contributed by atoms with E-state index >= 15 is 0 Å². The number of fused-ring (bicyclic) bond motifs is 2. The molecule has 0 aromatic rings. The highest BCUT2D eigenvalue weighted by Gasteiger charge is 2.34. The zero-order chi connectivity index (χ0) is 9.26. The second-order valence-electron chi connectivity index (χ2n) is 3.94. The van der Waals surface area contributed by atoms with Gasteiger partial charge in [0.05, 0.1) is 13.1 Å². The van der Waals surface area contributed by atoms with Crippen molar-refractivity contribution in [2.24, 2.45) is 5.92 Å². The molecule has 2 saturated heterocycles. The molecule has 0 unspecified atom stereocenters. The Kier molecular flexibility index (Phi) is 2.49. The van der Waals surface area contributed by atoms with Crippen LogP contribution in [0.2, 0.25) is 0 Å². The van der Waals surface area contributed by atoms with Crippen LogP contribution in [0, 0.1) is 5.92 Å². The van der Waals surface area contributed by atoms with E-state index in [0.29, 0.717) is 12.0 Å². The molecule has 2 aliphatic heterocycles. The fraction of sp³-hybridized carbons (Fsp3) is 0.889. The van der Waals surface area contributed by atoms with E-state index in [2.05, 4.69) is 5.32 Å². The maximum atomic E-state index is 11.9. The van der Waals surface area contributed by atoms with Crippen LogP contribution in [-0.2, 0) is 4.79 Å². The number of piperidine rings is 1. The van der Waals surface area contributed by atoms with Crippen molar-refractivity contribution in [2.45, 2.75) is 18.9 Å². The van der Waals surface area contributed by atoms with Crippen molar-refractivity contribution >= 4 is 5.91 Å². The van der Waals surface area contributed by atoms with Gasteiger partial charge in [0.15, 0.2) is 0 Å². The number of carbonyl (C=O) groups is 1. The van der Waals surface area contributed by atoms with E-state index in [1.165, 1.54) is 6.42 Å². The van der Waals surface area contributed by atoms with Gasteiger partial charge < -0.3 is 10.2 Å². The van der Waals surface area contributed by atoms with Gasteiger partial charge in [0.1, 0.15) is 0 Å². The van der Waals surface area contributed by atoms with Crippen LogP contribution in [0.4, 0.5) is 4.39 Å². The summed E-state index contributed by atoms with van der Waals surface area (Å²) in [6.45, 7) is 2.08. The van der Waals surface area contributed by atoms with Crippen molar-refractivity contribution in [3.63, 3.8) is 0 Å². The van der Waals surface area contributed by atoms with Gasteiger partial charge >= 0.3 is 0 Å². The summed E-state index contributed by atoms with van der Waals surface area (Å²) in [6, 6.07) is 0.460. The Bertz CT molecular complexity index is 198. The van der Waals surface area contributed by atoms with Gasteiger partial charge in [-0.25, -0.2) is 0 Å². The third-order valence-corrected chi connectivity index (χ3v) is 2.89. The molecule has 2 rings (SSSR count). The van der Waals surface area contributed by atoms with Crippen LogP contribution in [0.5, 0.6) is 0 Å². The van der Waals surface area contributed by atoms with Crippen LogP contribution in [-0.4, -0.2) is 43.2 Å². The molecule has 13 heavy (non-hydrogen) atoms. The highest BCUT2D eigenvalue weighted by Crippen LogP contribution is 2.22. The maximum Gasteiger partial charge on any atom is 0.225 e. The second kappa shape index (κ2) is 3.62. The smallest absolute Gasteiger partial charge is 0.225 e. The van der Waals surface area contributed by atoms with Crippen molar-refractivity contribution in [1.29, 1.82) is 0 Å². The first kappa shape index (κ1) is 8.94. The van der Waals surface area contributed by atoms with Crippen LogP contribution in [0.3, 0.4) is 0 Å². The number of nitrogens with zero attached hydrogens (tertiary/aromatic N) is 1. The predicted octanol–water partition coefficient (Wildman–Crippen LogP) is 0.166. The number of hydrogen-bond acceptors (Lipinski definition) is 2. The molecule has 4 heteroatoms. The Morgan fingerprint density at radius 3 is 3.08 bits per heavy atom. The molecular formula is C9H15FN2O. The quantitative estimate of drug-likeness (QED) is 0.666. The third kappa shape index (κ3) is 1.82. The molecule has 3 nitrogen and oxygen atoms in total. The van der Waals surface area contributed by atoms with Crippen LogP contribution >= 0.6 is 0 Å². The minimum Gasteiger partial charge on any atom is -0.341 e. The fourth-order valence-electron chi connectivity index (χ4n) is 2.28. The zero-order valence-corrected chi connectivity index (χ0v) is 7.63. The molecular weight excluding hydrogens is 171 g/mol.